The van der Waals surface area contributed by atoms with Crippen LogP contribution in [0.1, 0.15) is 57.0 Å². The number of anilines is 1. The van der Waals surface area contributed by atoms with Gasteiger partial charge in [0.15, 0.2) is 5.76 Å². The molecule has 1 aromatic carbocycles. The van der Waals surface area contributed by atoms with Gasteiger partial charge in [-0.2, -0.15) is 0 Å². The number of carbonyl (C=O) groups excluding carboxylic acids is 2. The quantitative estimate of drug-likeness (QED) is 0.488. The molecule has 1 aliphatic heterocycles. The highest BCUT2D eigenvalue weighted by Gasteiger charge is 2.29. The van der Waals surface area contributed by atoms with Gasteiger partial charge < -0.3 is 19.8 Å². The molecule has 0 bridgehead atoms. The molecule has 2 N–H and O–H groups in total. The van der Waals surface area contributed by atoms with Gasteiger partial charge in [-0.1, -0.05) is 18.2 Å². The molecule has 10 heteroatoms. The van der Waals surface area contributed by atoms with E-state index >= 15 is 0 Å². The van der Waals surface area contributed by atoms with E-state index in [4.69, 9.17) is 9.15 Å². The second-order valence-corrected chi connectivity index (χ2v) is 11.6. The third kappa shape index (κ3) is 4.91. The molecule has 3 heterocycles. The molecule has 1 fully saturated rings. The van der Waals surface area contributed by atoms with Gasteiger partial charge in [0, 0.05) is 18.0 Å². The summed E-state index contributed by atoms with van der Waals surface area (Å²) in [5, 5.41) is 5.90. The summed E-state index contributed by atoms with van der Waals surface area (Å²) in [6.45, 7) is 1.14. The predicted octanol–water partition coefficient (Wildman–Crippen LogP) is 4.21. The number of benzene rings is 1. The number of sulfone groups is 1. The van der Waals surface area contributed by atoms with Gasteiger partial charge in [-0.25, -0.2) is 8.42 Å². The lowest BCUT2D eigenvalue weighted by Crippen LogP contribution is -2.32. The number of fused-ring (bicyclic) bond motifs is 1. The number of ether oxygens (including phenoxy) is 1. The molecule has 35 heavy (non-hydrogen) atoms. The molecule has 1 saturated heterocycles. The highest BCUT2D eigenvalue weighted by atomic mass is 32.2. The van der Waals surface area contributed by atoms with Gasteiger partial charge in [0.2, 0.25) is 14.9 Å². The molecular formula is C25H26N2O6S2. The van der Waals surface area contributed by atoms with Crippen LogP contribution < -0.4 is 10.6 Å². The summed E-state index contributed by atoms with van der Waals surface area (Å²) < 4.78 is 36.6. The van der Waals surface area contributed by atoms with Crippen molar-refractivity contribution in [3.63, 3.8) is 0 Å². The first-order chi connectivity index (χ1) is 16.9. The normalized spacial score (nSPS) is 17.7. The number of amides is 2. The van der Waals surface area contributed by atoms with Crippen LogP contribution in [0.15, 0.2) is 56.9 Å². The molecule has 3 aromatic rings. The minimum Gasteiger partial charge on any atom is -0.439 e. The van der Waals surface area contributed by atoms with Gasteiger partial charge in [-0.05, 0) is 68.4 Å². The van der Waals surface area contributed by atoms with Crippen molar-refractivity contribution < 1.29 is 27.2 Å². The molecular weight excluding hydrogens is 488 g/mol. The summed E-state index contributed by atoms with van der Waals surface area (Å²) in [6, 6.07) is 10.5. The Balaban J connectivity index is 1.37. The zero-order chi connectivity index (χ0) is 24.4. The van der Waals surface area contributed by atoms with Crippen molar-refractivity contribution in [2.24, 2.45) is 0 Å². The Kier molecular flexibility index (Phi) is 6.77. The number of hydrogen-bond acceptors (Lipinski definition) is 7. The molecule has 184 valence electrons. The van der Waals surface area contributed by atoms with Crippen molar-refractivity contribution in [1.29, 1.82) is 0 Å². The van der Waals surface area contributed by atoms with Gasteiger partial charge in [-0.3, -0.25) is 9.59 Å². The fraction of sp³-hybridized carbons (Fsp3) is 0.360. The highest BCUT2D eigenvalue weighted by Crippen LogP contribution is 2.38. The second kappa shape index (κ2) is 9.96. The number of thiophene rings is 1. The monoisotopic (exact) mass is 514 g/mol. The van der Waals surface area contributed by atoms with Crippen LogP contribution in [-0.4, -0.2) is 39.5 Å². The Morgan fingerprint density at radius 3 is 2.57 bits per heavy atom. The Bertz CT molecular complexity index is 1340. The lowest BCUT2D eigenvalue weighted by molar-refractivity contribution is 0.0858. The molecule has 5 rings (SSSR count). The fourth-order valence-corrected chi connectivity index (χ4v) is 6.94. The standard InChI is InChI=1S/C25H26N2O6S2/c28-23(19-12-13-21(33-19)35(30,31)17-8-2-1-3-9-17)27-25-22(18-10-4-5-11-20(18)34-25)24(29)26-15-16-7-6-14-32-16/h1-3,8-9,12-13,16H,4-7,10-11,14-15H2,(H,26,29)(H,27,28). The molecule has 1 unspecified atom stereocenters. The maximum Gasteiger partial charge on any atom is 0.292 e. The van der Waals surface area contributed by atoms with Crippen LogP contribution in [-0.2, 0) is 27.4 Å². The zero-order valence-corrected chi connectivity index (χ0v) is 20.7. The van der Waals surface area contributed by atoms with Gasteiger partial charge in [0.05, 0.1) is 16.6 Å². The fourth-order valence-electron chi connectivity index (χ4n) is 4.46. The number of rotatable bonds is 7. The predicted molar refractivity (Wildman–Crippen MR) is 131 cm³/mol. The van der Waals surface area contributed by atoms with Crippen molar-refractivity contribution in [2.75, 3.05) is 18.5 Å². The molecule has 0 radical (unpaired) electrons. The number of nitrogens with one attached hydrogen (secondary N) is 2. The van der Waals surface area contributed by atoms with Crippen molar-refractivity contribution in [1.82, 2.24) is 5.32 Å². The lowest BCUT2D eigenvalue weighted by Gasteiger charge is -2.15. The summed E-state index contributed by atoms with van der Waals surface area (Å²) >= 11 is 1.40. The van der Waals surface area contributed by atoms with Gasteiger partial charge in [0.25, 0.3) is 11.8 Å². The SMILES string of the molecule is O=C(Nc1sc2c(c1C(=O)NCC1CCCO1)CCCC2)c1ccc(S(=O)(=O)c2ccccc2)o1. The molecule has 2 aromatic heterocycles. The number of hydrogen-bond donors (Lipinski definition) is 2. The summed E-state index contributed by atoms with van der Waals surface area (Å²) in [5.74, 6) is -0.982. The van der Waals surface area contributed by atoms with E-state index in [9.17, 15) is 18.0 Å². The summed E-state index contributed by atoms with van der Waals surface area (Å²) in [6.07, 6.45) is 5.59. The van der Waals surface area contributed by atoms with E-state index in [2.05, 4.69) is 10.6 Å². The Hall–Kier alpha value is -2.95. The molecule has 0 spiro atoms. The topological polar surface area (TPSA) is 115 Å². The Morgan fingerprint density at radius 1 is 1.00 bits per heavy atom. The second-order valence-electron chi connectivity index (χ2n) is 8.65. The highest BCUT2D eigenvalue weighted by molar-refractivity contribution is 7.91. The van der Waals surface area contributed by atoms with Gasteiger partial charge in [-0.15, -0.1) is 11.3 Å². The van der Waals surface area contributed by atoms with E-state index in [1.807, 2.05) is 0 Å². The van der Waals surface area contributed by atoms with E-state index in [1.54, 1.807) is 18.2 Å². The zero-order valence-electron chi connectivity index (χ0n) is 19.0. The molecule has 0 saturated carbocycles. The molecule has 2 amide bonds. The average Bonchev–Trinajstić information content (AvgIpc) is 3.63. The minimum absolute atomic E-state index is 0.0135. The maximum absolute atomic E-state index is 13.2. The number of aryl methyl sites for hydroxylation is 1. The first-order valence-corrected chi connectivity index (χ1v) is 14.0. The van der Waals surface area contributed by atoms with Crippen molar-refractivity contribution in [3.05, 3.63) is 64.2 Å². The molecule has 1 atom stereocenters. The van der Waals surface area contributed by atoms with Crippen LogP contribution in [0.4, 0.5) is 5.00 Å². The van der Waals surface area contributed by atoms with Crippen LogP contribution in [0.25, 0.3) is 0 Å². The number of carbonyl (C=O) groups is 2. The smallest absolute Gasteiger partial charge is 0.292 e. The largest absolute Gasteiger partial charge is 0.439 e. The van der Waals surface area contributed by atoms with Crippen molar-refractivity contribution in [3.8, 4) is 0 Å². The minimum atomic E-state index is -3.88. The van der Waals surface area contributed by atoms with E-state index < -0.39 is 15.7 Å². The van der Waals surface area contributed by atoms with Crippen molar-refractivity contribution >= 4 is 38.0 Å². The van der Waals surface area contributed by atoms with Crippen LogP contribution >= 0.6 is 11.3 Å². The van der Waals surface area contributed by atoms with E-state index in [1.165, 1.54) is 35.6 Å². The van der Waals surface area contributed by atoms with Crippen molar-refractivity contribution in [2.45, 2.75) is 54.6 Å². The Morgan fingerprint density at radius 2 is 1.80 bits per heavy atom. The summed E-state index contributed by atoms with van der Waals surface area (Å²) in [5.41, 5.74) is 1.47. The van der Waals surface area contributed by atoms with Gasteiger partial charge in [0.1, 0.15) is 5.00 Å². The van der Waals surface area contributed by atoms with Crippen LogP contribution in [0.5, 0.6) is 0 Å². The third-order valence-corrected chi connectivity index (χ3v) is 9.11. The van der Waals surface area contributed by atoms with Gasteiger partial charge >= 0.3 is 0 Å². The lowest BCUT2D eigenvalue weighted by atomic mass is 9.95. The summed E-state index contributed by atoms with van der Waals surface area (Å²) in [4.78, 5) is 27.3. The Labute approximate surface area is 207 Å². The van der Waals surface area contributed by atoms with E-state index in [0.717, 1.165) is 49.0 Å². The van der Waals surface area contributed by atoms with E-state index in [-0.39, 0.29) is 27.8 Å². The maximum atomic E-state index is 13.2. The van der Waals surface area contributed by atoms with Crippen LogP contribution in [0.2, 0.25) is 0 Å². The molecule has 2 aliphatic rings. The number of furan rings is 1. The third-order valence-electron chi connectivity index (χ3n) is 6.26. The van der Waals surface area contributed by atoms with Crippen LogP contribution in [0, 0.1) is 0 Å². The molecule has 8 nitrogen and oxygen atoms in total. The summed E-state index contributed by atoms with van der Waals surface area (Å²) in [7, 11) is -3.88. The average molecular weight is 515 g/mol. The first kappa shape index (κ1) is 23.8. The first-order valence-electron chi connectivity index (χ1n) is 11.7. The van der Waals surface area contributed by atoms with Crippen LogP contribution in [0.3, 0.4) is 0 Å². The molecule has 1 aliphatic carbocycles. The van der Waals surface area contributed by atoms with E-state index in [0.29, 0.717) is 23.7 Å².